The summed E-state index contributed by atoms with van der Waals surface area (Å²) in [5, 5.41) is 12.7. The summed E-state index contributed by atoms with van der Waals surface area (Å²) in [5.41, 5.74) is 3.65. The molecule has 0 radical (unpaired) electrons. The predicted octanol–water partition coefficient (Wildman–Crippen LogP) is 5.67. The van der Waals surface area contributed by atoms with E-state index in [1.165, 1.54) is 12.1 Å². The molecule has 0 fully saturated rings. The van der Waals surface area contributed by atoms with Gasteiger partial charge in [-0.3, -0.25) is 4.57 Å². The largest absolute Gasteiger partial charge is 0.494 e. The van der Waals surface area contributed by atoms with Crippen molar-refractivity contribution in [1.82, 2.24) is 14.5 Å². The molecule has 5 rings (SSSR count). The van der Waals surface area contributed by atoms with Gasteiger partial charge in [0.05, 0.1) is 28.7 Å². The third-order valence-corrected chi connectivity index (χ3v) is 4.87. The minimum absolute atomic E-state index is 0.0832. The summed E-state index contributed by atoms with van der Waals surface area (Å²) < 4.78 is 15.8. The maximum atomic E-state index is 14.1. The normalized spacial score (nSPS) is 11.5. The van der Waals surface area contributed by atoms with Gasteiger partial charge in [0.1, 0.15) is 5.82 Å². The van der Waals surface area contributed by atoms with E-state index >= 15 is 0 Å². The first-order valence-corrected chi connectivity index (χ1v) is 8.72. The van der Waals surface area contributed by atoms with Crippen molar-refractivity contribution in [1.29, 1.82) is 0 Å². The van der Waals surface area contributed by atoms with Gasteiger partial charge in [-0.25, -0.2) is 9.37 Å². The van der Waals surface area contributed by atoms with Crippen molar-refractivity contribution in [2.45, 2.75) is 0 Å². The van der Waals surface area contributed by atoms with Gasteiger partial charge in [-0.05, 0) is 42.5 Å². The third kappa shape index (κ3) is 2.47. The first-order chi connectivity index (χ1) is 13.1. The Bertz CT molecular complexity index is 1300. The fourth-order valence-electron chi connectivity index (χ4n) is 3.52. The highest BCUT2D eigenvalue weighted by atomic mass is 35.5. The zero-order valence-corrected chi connectivity index (χ0v) is 14.7. The van der Waals surface area contributed by atoms with Crippen LogP contribution in [0, 0.1) is 5.82 Å². The van der Waals surface area contributed by atoms with Gasteiger partial charge in [0, 0.05) is 21.4 Å². The zero-order chi connectivity index (χ0) is 18.5. The number of hydrogen-bond acceptors (Lipinski definition) is 2. The van der Waals surface area contributed by atoms with Crippen LogP contribution in [0.15, 0.2) is 67.0 Å². The van der Waals surface area contributed by atoms with Crippen molar-refractivity contribution in [2.75, 3.05) is 0 Å². The molecule has 3 aromatic carbocycles. The second-order valence-electron chi connectivity index (χ2n) is 6.32. The molecule has 2 N–H and O–H groups in total. The van der Waals surface area contributed by atoms with Gasteiger partial charge < -0.3 is 10.1 Å². The Morgan fingerprint density at radius 2 is 1.81 bits per heavy atom. The lowest BCUT2D eigenvalue weighted by atomic mass is 10.1. The fourth-order valence-corrected chi connectivity index (χ4v) is 3.74. The van der Waals surface area contributed by atoms with Gasteiger partial charge in [0.15, 0.2) is 0 Å². The molecule has 0 bridgehead atoms. The number of nitrogens with one attached hydrogen (secondary N) is 1. The first kappa shape index (κ1) is 15.9. The molecule has 132 valence electrons. The predicted molar refractivity (Wildman–Crippen MR) is 105 cm³/mol. The number of H-pyrrole nitrogens is 1. The van der Waals surface area contributed by atoms with E-state index in [-0.39, 0.29) is 5.88 Å². The van der Waals surface area contributed by atoms with Crippen molar-refractivity contribution in [3.8, 4) is 22.8 Å². The van der Waals surface area contributed by atoms with Gasteiger partial charge in [0.25, 0.3) is 0 Å². The third-order valence-electron chi connectivity index (χ3n) is 4.66. The highest BCUT2D eigenvalue weighted by Crippen LogP contribution is 2.41. The second-order valence-corrected chi connectivity index (χ2v) is 6.75. The molecule has 0 saturated carbocycles. The molecule has 0 atom stereocenters. The van der Waals surface area contributed by atoms with E-state index in [4.69, 9.17) is 11.6 Å². The molecule has 4 nitrogen and oxygen atoms in total. The number of halogens is 2. The highest BCUT2D eigenvalue weighted by Gasteiger charge is 2.20. The van der Waals surface area contributed by atoms with Gasteiger partial charge in [0.2, 0.25) is 5.88 Å². The van der Waals surface area contributed by atoms with Crippen LogP contribution in [-0.2, 0) is 0 Å². The van der Waals surface area contributed by atoms with Crippen LogP contribution in [-0.4, -0.2) is 19.6 Å². The molecule has 6 heteroatoms. The molecule has 0 spiro atoms. The summed E-state index contributed by atoms with van der Waals surface area (Å²) in [6, 6.07) is 17.5. The topological polar surface area (TPSA) is 53.8 Å². The van der Waals surface area contributed by atoms with Crippen LogP contribution >= 0.6 is 11.6 Å². The van der Waals surface area contributed by atoms with Crippen LogP contribution in [0.5, 0.6) is 5.88 Å². The maximum Gasteiger partial charge on any atom is 0.204 e. The minimum Gasteiger partial charge on any atom is -0.494 e. The Kier molecular flexibility index (Phi) is 3.45. The number of hydrogen-bond donors (Lipinski definition) is 2. The summed E-state index contributed by atoms with van der Waals surface area (Å²) >= 11 is 6.09. The van der Waals surface area contributed by atoms with Crippen molar-refractivity contribution in [3.63, 3.8) is 0 Å². The van der Waals surface area contributed by atoms with E-state index in [1.54, 1.807) is 17.0 Å². The van der Waals surface area contributed by atoms with E-state index in [0.29, 0.717) is 21.7 Å². The fraction of sp³-hybridized carbons (Fsp3) is 0. The SMILES string of the molecule is Oc1c2ccccc2c(-c2cc(F)cc(Cl)c2)n1-c1ccc2nc[nH]c2c1. The second kappa shape index (κ2) is 5.86. The van der Waals surface area contributed by atoms with Gasteiger partial charge >= 0.3 is 0 Å². The van der Waals surface area contributed by atoms with Gasteiger partial charge in [-0.1, -0.05) is 29.8 Å². The monoisotopic (exact) mass is 377 g/mol. The van der Waals surface area contributed by atoms with Gasteiger partial charge in [-0.15, -0.1) is 0 Å². The molecule has 2 aromatic heterocycles. The van der Waals surface area contributed by atoms with Crippen LogP contribution in [0.4, 0.5) is 4.39 Å². The summed E-state index contributed by atoms with van der Waals surface area (Å²) in [5.74, 6) is -0.349. The number of aromatic hydroxyl groups is 1. The van der Waals surface area contributed by atoms with Crippen LogP contribution in [0.1, 0.15) is 0 Å². The maximum absolute atomic E-state index is 14.1. The zero-order valence-electron chi connectivity index (χ0n) is 13.9. The number of benzene rings is 3. The van der Waals surface area contributed by atoms with Crippen LogP contribution in [0.3, 0.4) is 0 Å². The smallest absolute Gasteiger partial charge is 0.204 e. The lowest BCUT2D eigenvalue weighted by Gasteiger charge is -2.12. The lowest BCUT2D eigenvalue weighted by Crippen LogP contribution is -1.97. The van der Waals surface area contributed by atoms with E-state index in [0.717, 1.165) is 22.1 Å². The molecule has 0 amide bonds. The molecular weight excluding hydrogens is 365 g/mol. The van der Waals surface area contributed by atoms with Crippen LogP contribution < -0.4 is 0 Å². The van der Waals surface area contributed by atoms with Crippen LogP contribution in [0.2, 0.25) is 5.02 Å². The molecule has 0 aliphatic rings. The molecular formula is C21H13ClFN3O. The Morgan fingerprint density at radius 1 is 1.00 bits per heavy atom. The Hall–Kier alpha value is -3.31. The molecule has 0 unspecified atom stereocenters. The number of imidazole rings is 1. The number of nitrogens with zero attached hydrogens (tertiary/aromatic N) is 2. The van der Waals surface area contributed by atoms with E-state index in [1.807, 2.05) is 42.5 Å². The first-order valence-electron chi connectivity index (χ1n) is 8.34. The van der Waals surface area contributed by atoms with Crippen molar-refractivity contribution in [3.05, 3.63) is 77.8 Å². The minimum atomic E-state index is -0.433. The number of aromatic nitrogens is 3. The molecule has 5 aromatic rings. The summed E-state index contributed by atoms with van der Waals surface area (Å²) in [6.07, 6.45) is 1.62. The molecule has 0 aliphatic carbocycles. The van der Waals surface area contributed by atoms with Crippen molar-refractivity contribution in [2.24, 2.45) is 0 Å². The Balaban J connectivity index is 1.89. The average molecular weight is 378 g/mol. The van der Waals surface area contributed by atoms with Gasteiger partial charge in [-0.2, -0.15) is 0 Å². The molecule has 0 saturated heterocycles. The number of aromatic amines is 1. The summed E-state index contributed by atoms with van der Waals surface area (Å²) in [4.78, 5) is 7.30. The lowest BCUT2D eigenvalue weighted by molar-refractivity contribution is 0.449. The quantitative estimate of drug-likeness (QED) is 0.416. The molecule has 2 heterocycles. The van der Waals surface area contributed by atoms with E-state index in [9.17, 15) is 9.50 Å². The standard InChI is InChI=1S/C21H13ClFN3O/c22-13-7-12(8-14(23)9-13)20-16-3-1-2-4-17(16)21(27)26(20)15-5-6-18-19(10-15)25-11-24-18/h1-11,27H,(H,24,25). The summed E-state index contributed by atoms with van der Waals surface area (Å²) in [6.45, 7) is 0. The molecule has 0 aliphatic heterocycles. The molecule has 27 heavy (non-hydrogen) atoms. The Morgan fingerprint density at radius 3 is 2.63 bits per heavy atom. The van der Waals surface area contributed by atoms with Crippen molar-refractivity contribution < 1.29 is 9.50 Å². The van der Waals surface area contributed by atoms with E-state index in [2.05, 4.69) is 9.97 Å². The number of rotatable bonds is 2. The average Bonchev–Trinajstić information content (AvgIpc) is 3.23. The number of fused-ring (bicyclic) bond motifs is 2. The van der Waals surface area contributed by atoms with E-state index < -0.39 is 5.82 Å². The van der Waals surface area contributed by atoms with Crippen molar-refractivity contribution >= 4 is 33.4 Å². The Labute approximate surface area is 158 Å². The summed E-state index contributed by atoms with van der Waals surface area (Å²) in [7, 11) is 0. The highest BCUT2D eigenvalue weighted by molar-refractivity contribution is 6.31. The van der Waals surface area contributed by atoms with Crippen LogP contribution in [0.25, 0.3) is 38.8 Å².